The number of hydrogen-bond acceptors (Lipinski definition) is 3. The zero-order valence-electron chi connectivity index (χ0n) is 11.9. The van der Waals surface area contributed by atoms with E-state index in [0.29, 0.717) is 15.7 Å². The van der Waals surface area contributed by atoms with Crippen LogP contribution in [0.15, 0.2) is 53.6 Å². The Bertz CT molecular complexity index is 733. The minimum Gasteiger partial charge on any atom is -0.326 e. The van der Waals surface area contributed by atoms with E-state index in [4.69, 9.17) is 23.2 Å². The first kappa shape index (κ1) is 17.0. The number of benzene rings is 2. The van der Waals surface area contributed by atoms with Crippen LogP contribution in [0, 0.1) is 0 Å². The lowest BCUT2D eigenvalue weighted by Gasteiger charge is -2.05. The van der Waals surface area contributed by atoms with Crippen LogP contribution in [0.4, 0.5) is 5.69 Å². The molecule has 0 atom stereocenters. The highest BCUT2D eigenvalue weighted by Crippen LogP contribution is 2.24. The third kappa shape index (κ3) is 5.73. The number of nitrogens with one attached hydrogen (secondary N) is 2. The molecule has 0 fully saturated rings. The minimum atomic E-state index is -0.519. The molecule has 2 N–H and O–H groups in total. The van der Waals surface area contributed by atoms with Gasteiger partial charge in [0.15, 0.2) is 0 Å². The molecule has 0 aliphatic heterocycles. The van der Waals surface area contributed by atoms with Crippen LogP contribution in [-0.2, 0) is 9.59 Å². The zero-order chi connectivity index (χ0) is 16.7. The molecule has 23 heavy (non-hydrogen) atoms. The molecule has 0 unspecified atom stereocenters. The summed E-state index contributed by atoms with van der Waals surface area (Å²) in [7, 11) is 0. The van der Waals surface area contributed by atoms with Gasteiger partial charge in [-0.15, -0.1) is 0 Å². The number of carbonyl (C=O) groups excluding carboxylic acids is 2. The van der Waals surface area contributed by atoms with E-state index in [9.17, 15) is 9.59 Å². The second-order valence-corrected chi connectivity index (χ2v) is 5.37. The number of carbonyl (C=O) groups is 2. The summed E-state index contributed by atoms with van der Waals surface area (Å²) in [4.78, 5) is 23.4. The van der Waals surface area contributed by atoms with Crippen LogP contribution in [0.5, 0.6) is 0 Å². The molecule has 2 rings (SSSR count). The molecule has 118 valence electrons. The van der Waals surface area contributed by atoms with Crippen molar-refractivity contribution >= 4 is 46.9 Å². The minimum absolute atomic E-state index is 0.321. The van der Waals surface area contributed by atoms with E-state index in [1.54, 1.807) is 12.1 Å². The van der Waals surface area contributed by atoms with Crippen molar-refractivity contribution in [3.05, 3.63) is 64.1 Å². The van der Waals surface area contributed by atoms with Crippen molar-refractivity contribution in [2.24, 2.45) is 5.10 Å². The van der Waals surface area contributed by atoms with Crippen molar-refractivity contribution in [2.75, 3.05) is 5.32 Å². The summed E-state index contributed by atoms with van der Waals surface area (Å²) in [6.07, 6.45) is 1.14. The molecule has 2 aromatic rings. The highest BCUT2D eigenvalue weighted by Gasteiger charge is 2.09. The van der Waals surface area contributed by atoms with Gasteiger partial charge >= 0.3 is 0 Å². The molecule has 5 nitrogen and oxygen atoms in total. The van der Waals surface area contributed by atoms with Gasteiger partial charge in [0.05, 0.1) is 16.3 Å². The molecule has 0 spiro atoms. The van der Waals surface area contributed by atoms with E-state index in [0.717, 1.165) is 5.56 Å². The summed E-state index contributed by atoms with van der Waals surface area (Å²) >= 11 is 11.6. The molecule has 0 aromatic heterocycles. The fraction of sp³-hybridized carbons (Fsp3) is 0.0625. The van der Waals surface area contributed by atoms with Crippen molar-refractivity contribution in [1.29, 1.82) is 0 Å². The van der Waals surface area contributed by atoms with Gasteiger partial charge in [0.2, 0.25) is 11.8 Å². The lowest BCUT2D eigenvalue weighted by Crippen LogP contribution is -2.24. The van der Waals surface area contributed by atoms with E-state index < -0.39 is 11.8 Å². The van der Waals surface area contributed by atoms with E-state index in [1.165, 1.54) is 12.3 Å². The van der Waals surface area contributed by atoms with Crippen molar-refractivity contribution in [3.8, 4) is 0 Å². The third-order valence-corrected chi connectivity index (χ3v) is 3.47. The maximum atomic E-state index is 11.8. The molecule has 0 radical (unpaired) electrons. The van der Waals surface area contributed by atoms with Gasteiger partial charge in [0.25, 0.3) is 0 Å². The van der Waals surface area contributed by atoms with Crippen LogP contribution in [-0.4, -0.2) is 18.0 Å². The Morgan fingerprint density at radius 1 is 1.00 bits per heavy atom. The maximum Gasteiger partial charge on any atom is 0.249 e. The Kier molecular flexibility index (Phi) is 6.14. The molecular weight excluding hydrogens is 337 g/mol. The zero-order valence-corrected chi connectivity index (χ0v) is 13.4. The van der Waals surface area contributed by atoms with Crippen molar-refractivity contribution in [1.82, 2.24) is 5.43 Å². The van der Waals surface area contributed by atoms with Gasteiger partial charge in [0, 0.05) is 5.69 Å². The maximum absolute atomic E-state index is 11.8. The molecule has 2 aromatic carbocycles. The number of amides is 2. The Labute approximate surface area is 143 Å². The fourth-order valence-electron chi connectivity index (χ4n) is 1.68. The van der Waals surface area contributed by atoms with Crippen molar-refractivity contribution in [2.45, 2.75) is 6.42 Å². The van der Waals surface area contributed by atoms with Crippen LogP contribution in [0.2, 0.25) is 10.0 Å². The Morgan fingerprint density at radius 3 is 2.43 bits per heavy atom. The normalized spacial score (nSPS) is 10.5. The molecule has 0 aliphatic rings. The summed E-state index contributed by atoms with van der Waals surface area (Å²) < 4.78 is 0. The summed E-state index contributed by atoms with van der Waals surface area (Å²) in [6, 6.07) is 13.9. The van der Waals surface area contributed by atoms with Gasteiger partial charge in [-0.1, -0.05) is 53.5 Å². The molecule has 2 amide bonds. The molecule has 0 saturated carbocycles. The number of hydrogen-bond donors (Lipinski definition) is 2. The fourth-order valence-corrected chi connectivity index (χ4v) is 1.98. The van der Waals surface area contributed by atoms with E-state index >= 15 is 0 Å². The number of hydrazone groups is 1. The van der Waals surface area contributed by atoms with Gasteiger partial charge in [0.1, 0.15) is 6.42 Å². The Balaban J connectivity index is 1.81. The Hall–Kier alpha value is -2.37. The smallest absolute Gasteiger partial charge is 0.249 e. The number of anilines is 1. The van der Waals surface area contributed by atoms with Gasteiger partial charge in [-0.25, -0.2) is 5.43 Å². The second kappa shape index (κ2) is 8.31. The highest BCUT2D eigenvalue weighted by molar-refractivity contribution is 6.42. The summed E-state index contributed by atoms with van der Waals surface area (Å²) in [6.45, 7) is 0. The largest absolute Gasteiger partial charge is 0.326 e. The van der Waals surface area contributed by atoms with E-state index in [2.05, 4.69) is 15.8 Å². The molecule has 0 heterocycles. The standard InChI is InChI=1S/C16H13Cl2N3O2/c17-13-7-6-12(8-14(13)18)20-15(22)9-16(23)21-19-10-11-4-2-1-3-5-11/h1-8,10H,9H2,(H,20,22)(H,21,23)/b19-10-. The summed E-state index contributed by atoms with van der Waals surface area (Å²) in [5.41, 5.74) is 3.59. The first-order valence-electron chi connectivity index (χ1n) is 6.66. The van der Waals surface area contributed by atoms with Gasteiger partial charge in [-0.05, 0) is 23.8 Å². The molecule has 0 bridgehead atoms. The number of nitrogens with zero attached hydrogens (tertiary/aromatic N) is 1. The van der Waals surface area contributed by atoms with E-state index in [-0.39, 0.29) is 6.42 Å². The molecular formula is C16H13Cl2N3O2. The highest BCUT2D eigenvalue weighted by atomic mass is 35.5. The van der Waals surface area contributed by atoms with Crippen LogP contribution >= 0.6 is 23.2 Å². The van der Waals surface area contributed by atoms with Crippen molar-refractivity contribution < 1.29 is 9.59 Å². The topological polar surface area (TPSA) is 70.6 Å². The van der Waals surface area contributed by atoms with Gasteiger partial charge in [-0.3, -0.25) is 9.59 Å². The van der Waals surface area contributed by atoms with E-state index in [1.807, 2.05) is 30.3 Å². The first-order valence-corrected chi connectivity index (χ1v) is 7.42. The lowest BCUT2D eigenvalue weighted by molar-refractivity contribution is -0.126. The summed E-state index contributed by atoms with van der Waals surface area (Å²) in [5.74, 6) is -0.995. The first-order chi connectivity index (χ1) is 11.0. The van der Waals surface area contributed by atoms with Crippen LogP contribution < -0.4 is 10.7 Å². The predicted octanol–water partition coefficient (Wildman–Crippen LogP) is 3.47. The average Bonchev–Trinajstić information content (AvgIpc) is 2.52. The van der Waals surface area contributed by atoms with Crippen LogP contribution in [0.1, 0.15) is 12.0 Å². The third-order valence-electron chi connectivity index (χ3n) is 2.73. The Morgan fingerprint density at radius 2 is 1.74 bits per heavy atom. The molecule has 0 saturated heterocycles. The quantitative estimate of drug-likeness (QED) is 0.492. The number of halogens is 2. The second-order valence-electron chi connectivity index (χ2n) is 4.56. The lowest BCUT2D eigenvalue weighted by atomic mass is 10.2. The number of rotatable bonds is 5. The monoisotopic (exact) mass is 349 g/mol. The van der Waals surface area contributed by atoms with Gasteiger partial charge in [-0.2, -0.15) is 5.10 Å². The molecule has 0 aliphatic carbocycles. The van der Waals surface area contributed by atoms with Gasteiger partial charge < -0.3 is 5.32 Å². The van der Waals surface area contributed by atoms with Crippen molar-refractivity contribution in [3.63, 3.8) is 0 Å². The predicted molar refractivity (Wildman–Crippen MR) is 91.9 cm³/mol. The van der Waals surface area contributed by atoms with Crippen LogP contribution in [0.25, 0.3) is 0 Å². The average molecular weight is 350 g/mol. The molecule has 7 heteroatoms. The SMILES string of the molecule is O=C(CC(=O)Nc1ccc(Cl)c(Cl)c1)N/N=C\c1ccccc1. The van der Waals surface area contributed by atoms with Crippen LogP contribution in [0.3, 0.4) is 0 Å². The summed E-state index contributed by atoms with van der Waals surface area (Å²) in [5, 5.41) is 7.05.